The first-order valence-corrected chi connectivity index (χ1v) is 14.7. The van der Waals surface area contributed by atoms with Crippen molar-refractivity contribution in [2.45, 2.75) is 25.3 Å². The first-order valence-electron chi connectivity index (χ1n) is 14.7. The van der Waals surface area contributed by atoms with Gasteiger partial charge in [0.25, 0.3) is 5.91 Å². The summed E-state index contributed by atoms with van der Waals surface area (Å²) in [7, 11) is 0. The van der Waals surface area contributed by atoms with Crippen LogP contribution in [0.15, 0.2) is 91.5 Å². The third-order valence-corrected chi connectivity index (χ3v) is 8.08. The second kappa shape index (κ2) is 13.3. The summed E-state index contributed by atoms with van der Waals surface area (Å²) in [6.45, 7) is 3.24. The van der Waals surface area contributed by atoms with Gasteiger partial charge in [-0.1, -0.05) is 24.0 Å². The van der Waals surface area contributed by atoms with Crippen molar-refractivity contribution in [3.63, 3.8) is 0 Å². The fourth-order valence-electron chi connectivity index (χ4n) is 5.71. The van der Waals surface area contributed by atoms with Gasteiger partial charge in [-0.2, -0.15) is 0 Å². The summed E-state index contributed by atoms with van der Waals surface area (Å²) in [5.41, 5.74) is 5.79. The summed E-state index contributed by atoms with van der Waals surface area (Å²) < 4.78 is 0. The molecule has 3 aliphatic rings. The molecule has 216 valence electrons. The van der Waals surface area contributed by atoms with Crippen LogP contribution in [0.1, 0.15) is 39.9 Å². The van der Waals surface area contributed by atoms with Crippen LogP contribution < -0.4 is 16.0 Å². The van der Waals surface area contributed by atoms with Gasteiger partial charge < -0.3 is 16.0 Å². The number of benzene rings is 2. The highest BCUT2D eigenvalue weighted by molar-refractivity contribution is 5.94. The summed E-state index contributed by atoms with van der Waals surface area (Å²) in [6.07, 6.45) is 10.3. The van der Waals surface area contributed by atoms with E-state index in [-0.39, 0.29) is 11.9 Å². The molecule has 4 aromatic rings. The molecular weight excluding hydrogens is 536 g/mol. The summed E-state index contributed by atoms with van der Waals surface area (Å²) in [5, 5.41) is 8.85. The molecule has 1 aliphatic carbocycles. The van der Waals surface area contributed by atoms with Gasteiger partial charge in [-0.3, -0.25) is 19.7 Å². The number of nitrogens with zero attached hydrogens (tertiary/aromatic N) is 3. The van der Waals surface area contributed by atoms with Crippen LogP contribution in [-0.2, 0) is 6.42 Å². The van der Waals surface area contributed by atoms with Gasteiger partial charge in [0.05, 0.1) is 0 Å². The Balaban J connectivity index is 1.10. The monoisotopic (exact) mass is 570 g/mol. The van der Waals surface area contributed by atoms with Gasteiger partial charge in [-0.25, -0.2) is 4.79 Å². The number of nitrogens with one attached hydrogen (secondary N) is 3. The third-order valence-electron chi connectivity index (χ3n) is 8.08. The molecule has 0 atom stereocenters. The molecule has 3 N–H and O–H groups in total. The molecule has 1 saturated carbocycles. The zero-order valence-corrected chi connectivity index (χ0v) is 23.9. The van der Waals surface area contributed by atoms with Gasteiger partial charge in [0.2, 0.25) is 0 Å². The molecule has 2 aromatic heterocycles. The molecule has 2 aromatic carbocycles. The van der Waals surface area contributed by atoms with Crippen LogP contribution in [0, 0.1) is 17.8 Å². The Labute approximate surface area is 252 Å². The van der Waals surface area contributed by atoms with Crippen molar-refractivity contribution in [2.75, 3.05) is 31.5 Å². The van der Waals surface area contributed by atoms with Crippen LogP contribution >= 0.6 is 0 Å². The Hall–Kier alpha value is -5.00. The summed E-state index contributed by atoms with van der Waals surface area (Å²) in [6, 6.07) is 21.2. The van der Waals surface area contributed by atoms with Crippen molar-refractivity contribution in [1.82, 2.24) is 25.5 Å². The van der Waals surface area contributed by atoms with Gasteiger partial charge in [0.1, 0.15) is 0 Å². The zero-order valence-electron chi connectivity index (χ0n) is 23.9. The molecule has 2 saturated heterocycles. The Morgan fingerprint density at radius 1 is 0.884 bits per heavy atom. The lowest BCUT2D eigenvalue weighted by Gasteiger charge is -2.25. The van der Waals surface area contributed by atoms with Crippen molar-refractivity contribution in [1.29, 1.82) is 0 Å². The lowest BCUT2D eigenvalue weighted by atomic mass is 9.86. The maximum Gasteiger partial charge on any atom is 0.319 e. The number of carbonyl (C=O) groups is 2. The molecule has 0 spiro atoms. The van der Waals surface area contributed by atoms with E-state index in [1.54, 1.807) is 24.8 Å². The second-order valence-electron chi connectivity index (χ2n) is 11.1. The average Bonchev–Trinajstić information content (AvgIpc) is 3.62. The molecule has 43 heavy (non-hydrogen) atoms. The largest absolute Gasteiger partial charge is 0.351 e. The third kappa shape index (κ3) is 7.26. The van der Waals surface area contributed by atoms with E-state index in [9.17, 15) is 9.59 Å². The normalized spacial score (nSPS) is 16.8. The molecule has 7 rings (SSSR count). The van der Waals surface area contributed by atoms with E-state index in [4.69, 9.17) is 0 Å². The number of urea groups is 1. The topological polar surface area (TPSA) is 99.2 Å². The minimum atomic E-state index is -0.287. The van der Waals surface area contributed by atoms with Crippen LogP contribution in [0.25, 0.3) is 11.1 Å². The molecule has 2 bridgehead atoms. The van der Waals surface area contributed by atoms with Gasteiger partial charge in [0, 0.05) is 79.4 Å². The van der Waals surface area contributed by atoms with Crippen LogP contribution in [0.2, 0.25) is 0 Å². The van der Waals surface area contributed by atoms with Crippen LogP contribution in [0.3, 0.4) is 0 Å². The number of hydrogen-bond acceptors (Lipinski definition) is 5. The second-order valence-corrected chi connectivity index (χ2v) is 11.1. The van der Waals surface area contributed by atoms with Crippen molar-refractivity contribution in [2.24, 2.45) is 5.92 Å². The van der Waals surface area contributed by atoms with E-state index < -0.39 is 0 Å². The predicted molar refractivity (Wildman–Crippen MR) is 167 cm³/mol. The van der Waals surface area contributed by atoms with E-state index in [0.29, 0.717) is 30.8 Å². The number of amides is 3. The number of pyridine rings is 2. The quantitative estimate of drug-likeness (QED) is 0.253. The van der Waals surface area contributed by atoms with Crippen LogP contribution in [0.4, 0.5) is 10.5 Å². The zero-order chi connectivity index (χ0) is 29.4. The summed E-state index contributed by atoms with van der Waals surface area (Å²) in [4.78, 5) is 35.9. The molecule has 8 heteroatoms. The Morgan fingerprint density at radius 2 is 1.72 bits per heavy atom. The van der Waals surface area contributed by atoms with Gasteiger partial charge >= 0.3 is 6.03 Å². The maximum absolute atomic E-state index is 12.7. The Bertz CT molecular complexity index is 1620. The minimum Gasteiger partial charge on any atom is -0.351 e. The van der Waals surface area contributed by atoms with Crippen LogP contribution in [0.5, 0.6) is 0 Å². The Morgan fingerprint density at radius 3 is 2.47 bits per heavy atom. The van der Waals surface area contributed by atoms with E-state index in [2.05, 4.69) is 42.7 Å². The SMILES string of the molecule is O=C(NCCc1cccnc1)Nc1ccc(-c2ccncc2)c(C#Cc2ccc(C(=O)NCCN3CC4CC3C4)cc2)c1. The number of aromatic nitrogens is 2. The molecule has 4 heterocycles. The fraction of sp³-hybridized carbons (Fsp3) is 0.257. The summed E-state index contributed by atoms with van der Waals surface area (Å²) >= 11 is 0. The molecule has 2 aliphatic heterocycles. The van der Waals surface area contributed by atoms with Gasteiger partial charge in [-0.05, 0) is 96.5 Å². The van der Waals surface area contributed by atoms with E-state index in [1.165, 1.54) is 19.4 Å². The molecule has 0 unspecified atom stereocenters. The number of fused-ring (bicyclic) bond motifs is 1. The first-order chi connectivity index (χ1) is 21.1. The molecule has 0 radical (unpaired) electrons. The fourth-order valence-corrected chi connectivity index (χ4v) is 5.71. The number of anilines is 1. The first kappa shape index (κ1) is 28.1. The summed E-state index contributed by atoms with van der Waals surface area (Å²) in [5.74, 6) is 7.31. The van der Waals surface area contributed by atoms with Crippen molar-refractivity contribution in [3.8, 4) is 23.0 Å². The highest BCUT2D eigenvalue weighted by Crippen LogP contribution is 2.40. The lowest BCUT2D eigenvalue weighted by molar-refractivity contribution is 0.0947. The van der Waals surface area contributed by atoms with E-state index >= 15 is 0 Å². The van der Waals surface area contributed by atoms with Gasteiger partial charge in [0.15, 0.2) is 0 Å². The lowest BCUT2D eigenvalue weighted by Crippen LogP contribution is -2.36. The smallest absolute Gasteiger partial charge is 0.319 e. The Kier molecular flexibility index (Phi) is 8.72. The number of carbonyl (C=O) groups excluding carboxylic acids is 2. The number of rotatable bonds is 9. The highest BCUT2D eigenvalue weighted by Gasteiger charge is 2.41. The highest BCUT2D eigenvalue weighted by atomic mass is 16.2. The molecule has 3 fully saturated rings. The van der Waals surface area contributed by atoms with E-state index in [0.717, 1.165) is 46.3 Å². The van der Waals surface area contributed by atoms with E-state index in [1.807, 2.05) is 66.7 Å². The van der Waals surface area contributed by atoms with Crippen molar-refractivity contribution in [3.05, 3.63) is 114 Å². The van der Waals surface area contributed by atoms with Crippen LogP contribution in [-0.4, -0.2) is 59.0 Å². The van der Waals surface area contributed by atoms with Crippen molar-refractivity contribution < 1.29 is 9.59 Å². The maximum atomic E-state index is 12.7. The average molecular weight is 571 g/mol. The molecule has 3 amide bonds. The molecular formula is C35H34N6O2. The molecule has 8 nitrogen and oxygen atoms in total. The van der Waals surface area contributed by atoms with Crippen molar-refractivity contribution >= 4 is 17.6 Å². The number of hydrogen-bond donors (Lipinski definition) is 3. The predicted octanol–water partition coefficient (Wildman–Crippen LogP) is 4.73. The minimum absolute atomic E-state index is 0.0662. The standard InChI is InChI=1S/C35H34N6O2/c42-34(38-18-19-41-24-27-20-32(41)21-27)29-6-3-25(4-7-29)5-8-30-22-31(9-10-33(30)28-12-15-36-16-13-28)40-35(43)39-17-11-26-2-1-14-37-23-26/h1-4,6-7,9-10,12-16,22-23,27,32H,11,17-21,24H2,(H,38,42)(H2,39,40,43). The van der Waals surface area contributed by atoms with Gasteiger partial charge in [-0.15, -0.1) is 0 Å².